The summed E-state index contributed by atoms with van der Waals surface area (Å²) in [7, 11) is 0. The van der Waals surface area contributed by atoms with E-state index in [1.54, 1.807) is 0 Å². The third-order valence-electron chi connectivity index (χ3n) is 0.167. The molecule has 0 heterocycles. The summed E-state index contributed by atoms with van der Waals surface area (Å²) in [6.45, 7) is 2.90. The van der Waals surface area contributed by atoms with Gasteiger partial charge in [-0.2, -0.15) is 0 Å². The topological polar surface area (TPSA) is 40.1 Å². The van der Waals surface area contributed by atoms with Crippen LogP contribution >= 0.6 is 0 Å². The molecule has 0 aliphatic heterocycles. The maximum Gasteiger partial charge on any atom is 2.00 e. The van der Waals surface area contributed by atoms with Gasteiger partial charge in [-0.1, -0.05) is 6.58 Å². The first kappa shape index (κ1) is 15.8. The van der Waals surface area contributed by atoms with E-state index >= 15 is 0 Å². The van der Waals surface area contributed by atoms with E-state index in [1.807, 2.05) is 0 Å². The Balaban J connectivity index is -0.0000000800. The molecule has 0 aliphatic rings. The molecule has 0 aliphatic carbocycles. The fourth-order valence-electron chi connectivity index (χ4n) is 0. The first-order chi connectivity index (χ1) is 2.27. The molecule has 0 fully saturated rings. The van der Waals surface area contributed by atoms with E-state index in [1.165, 1.54) is 0 Å². The van der Waals surface area contributed by atoms with Crippen LogP contribution in [-0.2, 0) is 4.79 Å². The Bertz CT molecular complexity index is 64.0. The Morgan fingerprint density at radius 1 is 1.71 bits per heavy atom. The number of aliphatic carboxylic acids is 1. The summed E-state index contributed by atoms with van der Waals surface area (Å²) in [5, 5.41) is 9.14. The maximum absolute atomic E-state index is 9.14. The van der Waals surface area contributed by atoms with E-state index < -0.39 is 5.97 Å². The minimum Gasteiger partial charge on any atom is -0.545 e. The summed E-state index contributed by atoms with van der Waals surface area (Å²) in [5.74, 6) is -1.23. The molecule has 28 valence electrons. The third-order valence-corrected chi connectivity index (χ3v) is 0.167. The van der Waals surface area contributed by atoms with Crippen molar-refractivity contribution in [3.63, 3.8) is 0 Å². The average Bonchev–Trinajstić information content (AvgIpc) is 1.38. The second-order valence-corrected chi connectivity index (χ2v) is 0.523. The first-order valence-electron chi connectivity index (χ1n) is 1.11. The molecule has 0 aromatic carbocycles. The van der Waals surface area contributed by atoms with Crippen molar-refractivity contribution in [2.75, 3.05) is 0 Å². The number of hydrogen-bond donors (Lipinski definition) is 0. The van der Waals surface area contributed by atoms with Crippen LogP contribution in [0.2, 0.25) is 0 Å². The summed E-state index contributed by atoms with van der Waals surface area (Å²) in [6.07, 6.45) is 0.722. The molecule has 0 N–H and O–H groups in total. The maximum atomic E-state index is 9.14. The van der Waals surface area contributed by atoms with Gasteiger partial charge in [0.1, 0.15) is 0 Å². The zero-order valence-electron chi connectivity index (χ0n) is 4.31. The molecule has 0 bridgehead atoms. The van der Waals surface area contributed by atoms with Crippen LogP contribution < -0.4 is 34.7 Å². The van der Waals surface area contributed by atoms with Gasteiger partial charge in [0.2, 0.25) is 0 Å². The molecule has 0 spiro atoms. The van der Waals surface area contributed by atoms with Crippen molar-refractivity contribution in [1.82, 2.24) is 0 Å². The molecule has 4 heteroatoms. The summed E-state index contributed by atoms with van der Waals surface area (Å²) in [6, 6.07) is 0. The fourth-order valence-corrected chi connectivity index (χ4v) is 0. The van der Waals surface area contributed by atoms with E-state index in [2.05, 4.69) is 6.58 Å². The van der Waals surface area contributed by atoms with Gasteiger partial charge in [0, 0.05) is 0 Å². The van der Waals surface area contributed by atoms with Gasteiger partial charge in [-0.25, -0.2) is 0 Å². The molecule has 0 amide bonds. The Morgan fingerprint density at radius 3 is 1.86 bits per heavy atom. The van der Waals surface area contributed by atoms with E-state index in [0.717, 1.165) is 6.08 Å². The Hall–Kier alpha value is 1.47. The summed E-state index contributed by atoms with van der Waals surface area (Å²) in [5.41, 5.74) is 0. The quantitative estimate of drug-likeness (QED) is 0.268. The molecule has 0 unspecified atom stereocenters. The Labute approximate surface area is 94.3 Å². The standard InChI is InChI=1S/C3H4O2.Ca.Na/c1-2-3(4)5;;/h2H,1H2,(H,4,5);;/q;+2;+1/p-1. The van der Waals surface area contributed by atoms with Gasteiger partial charge in [0.15, 0.2) is 0 Å². The monoisotopic (exact) mass is 134 g/mol. The predicted octanol–water partition coefficient (Wildman–Crippen LogP) is -4.45. The van der Waals surface area contributed by atoms with Crippen LogP contribution in [0.15, 0.2) is 12.7 Å². The smallest absolute Gasteiger partial charge is 0.545 e. The van der Waals surface area contributed by atoms with Crippen molar-refractivity contribution in [3.8, 4) is 0 Å². The first-order valence-corrected chi connectivity index (χ1v) is 1.11. The molecular weight excluding hydrogens is 131 g/mol. The van der Waals surface area contributed by atoms with E-state index in [9.17, 15) is 0 Å². The summed E-state index contributed by atoms with van der Waals surface area (Å²) >= 11 is 0. The fraction of sp³-hybridized carbons (Fsp3) is 0. The molecule has 0 aromatic rings. The second-order valence-electron chi connectivity index (χ2n) is 0.523. The number of carboxylic acid groups (broad SMARTS) is 1. The van der Waals surface area contributed by atoms with Gasteiger partial charge in [0.25, 0.3) is 0 Å². The van der Waals surface area contributed by atoms with Crippen LogP contribution in [0.3, 0.4) is 0 Å². The predicted molar refractivity (Wildman–Crippen MR) is 21.0 cm³/mol. The molecule has 0 radical (unpaired) electrons. The van der Waals surface area contributed by atoms with Crippen molar-refractivity contribution >= 4 is 43.7 Å². The van der Waals surface area contributed by atoms with Gasteiger partial charge in [-0.15, -0.1) is 0 Å². The minimum absolute atomic E-state index is 0. The molecule has 0 atom stereocenters. The van der Waals surface area contributed by atoms with Gasteiger partial charge >= 0.3 is 67.3 Å². The zero-order chi connectivity index (χ0) is 4.28. The number of carbonyl (C=O) groups is 1. The summed E-state index contributed by atoms with van der Waals surface area (Å²) in [4.78, 5) is 9.14. The molecule has 0 saturated heterocycles. The molecule has 0 aromatic heterocycles. The molecular formula is C3H3CaNaO2+2. The Kier molecular flexibility index (Phi) is 23.6. The molecule has 7 heavy (non-hydrogen) atoms. The normalized spacial score (nSPS) is 4.57. The van der Waals surface area contributed by atoms with Crippen LogP contribution in [0, 0.1) is 0 Å². The van der Waals surface area contributed by atoms with Gasteiger partial charge in [0.05, 0.1) is 5.97 Å². The van der Waals surface area contributed by atoms with Crippen molar-refractivity contribution in [2.24, 2.45) is 0 Å². The van der Waals surface area contributed by atoms with E-state index in [4.69, 9.17) is 9.90 Å². The number of rotatable bonds is 1. The van der Waals surface area contributed by atoms with Crippen molar-refractivity contribution in [3.05, 3.63) is 12.7 Å². The molecule has 0 rings (SSSR count). The Morgan fingerprint density at radius 2 is 1.86 bits per heavy atom. The minimum atomic E-state index is -1.23. The SMILES string of the molecule is C=CC(=O)[O-].[Ca+2].[Na+]. The number of hydrogen-bond acceptors (Lipinski definition) is 2. The van der Waals surface area contributed by atoms with Crippen molar-refractivity contribution in [2.45, 2.75) is 0 Å². The molecule has 0 saturated carbocycles. The second kappa shape index (κ2) is 10.5. The van der Waals surface area contributed by atoms with Gasteiger partial charge in [-0.05, 0) is 6.08 Å². The van der Waals surface area contributed by atoms with Gasteiger partial charge in [-0.3, -0.25) is 0 Å². The van der Waals surface area contributed by atoms with Crippen molar-refractivity contribution in [1.29, 1.82) is 0 Å². The van der Waals surface area contributed by atoms with Gasteiger partial charge < -0.3 is 9.90 Å². The van der Waals surface area contributed by atoms with Crippen LogP contribution in [0.4, 0.5) is 0 Å². The third kappa shape index (κ3) is 18.6. The van der Waals surface area contributed by atoms with E-state index in [0.29, 0.717) is 0 Å². The largest absolute Gasteiger partial charge is 2.00 e. The van der Waals surface area contributed by atoms with Crippen LogP contribution in [0.5, 0.6) is 0 Å². The van der Waals surface area contributed by atoms with Crippen molar-refractivity contribution < 1.29 is 39.5 Å². The van der Waals surface area contributed by atoms with Crippen LogP contribution in [0.25, 0.3) is 0 Å². The average molecular weight is 134 g/mol. The zero-order valence-corrected chi connectivity index (χ0v) is 8.52. The van der Waals surface area contributed by atoms with Crippen LogP contribution in [-0.4, -0.2) is 43.7 Å². The van der Waals surface area contributed by atoms with Crippen LogP contribution in [0.1, 0.15) is 0 Å². The number of carbonyl (C=O) groups excluding carboxylic acids is 1. The molecule has 2 nitrogen and oxygen atoms in total. The summed E-state index contributed by atoms with van der Waals surface area (Å²) < 4.78 is 0. The number of carboxylic acids is 1. The van der Waals surface area contributed by atoms with E-state index in [-0.39, 0.29) is 67.3 Å².